The van der Waals surface area contributed by atoms with Crippen LogP contribution in [0.4, 0.5) is 5.82 Å². The van der Waals surface area contributed by atoms with Crippen LogP contribution in [0.25, 0.3) is 11.7 Å². The highest BCUT2D eigenvalue weighted by Gasteiger charge is 2.38. The van der Waals surface area contributed by atoms with E-state index in [1.54, 1.807) is 23.2 Å². The highest BCUT2D eigenvalue weighted by molar-refractivity contribution is 8.26. The maximum Gasteiger partial charge on any atom is 0.267 e. The molecule has 0 spiro atoms. The SMILES string of the molecule is Cc1ccc2nc(NCCO)c(C=C3SC(=S)N(C4CCCC4)C3=O)c(=O)n2c1. The van der Waals surface area contributed by atoms with Gasteiger partial charge < -0.3 is 10.4 Å². The molecule has 1 amide bonds. The standard InChI is InChI=1S/C20H22N4O3S2/c1-12-6-7-16-22-17(21-8-9-25)14(18(26)23(16)11-12)10-15-19(27)24(20(28)29-15)13-4-2-3-5-13/h6-7,10-11,13,21,25H,2-5,8-9H2,1H3. The molecular formula is C20H22N4O3S2. The first-order valence-corrected chi connectivity index (χ1v) is 10.9. The average molecular weight is 431 g/mol. The van der Waals surface area contributed by atoms with Gasteiger partial charge in [-0.05, 0) is 37.5 Å². The van der Waals surface area contributed by atoms with Gasteiger partial charge in [0.2, 0.25) is 0 Å². The molecule has 152 valence electrons. The van der Waals surface area contributed by atoms with Crippen LogP contribution in [0, 0.1) is 6.92 Å². The predicted octanol–water partition coefficient (Wildman–Crippen LogP) is 2.55. The molecule has 7 nitrogen and oxygen atoms in total. The molecule has 2 N–H and O–H groups in total. The van der Waals surface area contributed by atoms with Crippen LogP contribution in [0.1, 0.15) is 36.8 Å². The second-order valence-electron chi connectivity index (χ2n) is 7.25. The summed E-state index contributed by atoms with van der Waals surface area (Å²) in [5.41, 5.74) is 1.44. The van der Waals surface area contributed by atoms with E-state index in [0.717, 1.165) is 31.2 Å². The molecule has 0 aromatic carbocycles. The second kappa shape index (κ2) is 8.25. The highest BCUT2D eigenvalue weighted by Crippen LogP contribution is 2.38. The lowest BCUT2D eigenvalue weighted by molar-refractivity contribution is -0.123. The summed E-state index contributed by atoms with van der Waals surface area (Å²) in [5.74, 6) is 0.202. The molecular weight excluding hydrogens is 408 g/mol. The van der Waals surface area contributed by atoms with E-state index in [9.17, 15) is 14.7 Å². The number of hydrogen-bond acceptors (Lipinski definition) is 7. The number of fused-ring (bicyclic) bond motifs is 1. The number of thioether (sulfide) groups is 1. The van der Waals surface area contributed by atoms with E-state index in [1.165, 1.54) is 16.2 Å². The van der Waals surface area contributed by atoms with Crippen molar-refractivity contribution in [2.24, 2.45) is 0 Å². The Labute approximate surface area is 177 Å². The van der Waals surface area contributed by atoms with E-state index in [-0.39, 0.29) is 36.2 Å². The number of anilines is 1. The number of rotatable bonds is 5. The third-order valence-electron chi connectivity index (χ3n) is 5.20. The quantitative estimate of drug-likeness (QED) is 0.557. The van der Waals surface area contributed by atoms with E-state index >= 15 is 0 Å². The summed E-state index contributed by atoms with van der Waals surface area (Å²) in [4.78, 5) is 32.9. The van der Waals surface area contributed by atoms with Gasteiger partial charge in [0.1, 0.15) is 15.8 Å². The van der Waals surface area contributed by atoms with Crippen molar-refractivity contribution in [1.29, 1.82) is 0 Å². The van der Waals surface area contributed by atoms with Crippen LogP contribution < -0.4 is 10.9 Å². The number of aromatic nitrogens is 2. The predicted molar refractivity (Wildman–Crippen MR) is 119 cm³/mol. The van der Waals surface area contributed by atoms with Crippen LogP contribution >= 0.6 is 24.0 Å². The number of aryl methyl sites for hydroxylation is 1. The summed E-state index contributed by atoms with van der Waals surface area (Å²) < 4.78 is 2.02. The summed E-state index contributed by atoms with van der Waals surface area (Å²) in [5, 5.41) is 12.2. The number of carbonyl (C=O) groups excluding carboxylic acids is 1. The molecule has 3 heterocycles. The second-order valence-corrected chi connectivity index (χ2v) is 8.93. The van der Waals surface area contributed by atoms with Gasteiger partial charge in [-0.3, -0.25) is 18.9 Å². The minimum atomic E-state index is -0.273. The molecule has 4 rings (SSSR count). The van der Waals surface area contributed by atoms with Crippen molar-refractivity contribution in [3.63, 3.8) is 0 Å². The number of nitrogens with zero attached hydrogens (tertiary/aromatic N) is 3. The number of hydrogen-bond donors (Lipinski definition) is 2. The normalized spacial score (nSPS) is 19.1. The Morgan fingerprint density at radius 2 is 2.10 bits per heavy atom. The van der Waals surface area contributed by atoms with Gasteiger partial charge in [0.25, 0.3) is 11.5 Å². The van der Waals surface area contributed by atoms with Crippen LogP contribution in [-0.2, 0) is 4.79 Å². The van der Waals surface area contributed by atoms with Crippen LogP contribution in [0.15, 0.2) is 28.0 Å². The zero-order valence-electron chi connectivity index (χ0n) is 16.1. The summed E-state index contributed by atoms with van der Waals surface area (Å²) in [6.07, 6.45) is 7.43. The molecule has 0 unspecified atom stereocenters. The van der Waals surface area contributed by atoms with Crippen molar-refractivity contribution < 1.29 is 9.90 Å². The molecule has 2 aliphatic rings. The molecule has 0 bridgehead atoms. The maximum atomic E-state index is 13.2. The average Bonchev–Trinajstić information content (AvgIpc) is 3.31. The molecule has 1 saturated heterocycles. The third kappa shape index (κ3) is 3.82. The summed E-state index contributed by atoms with van der Waals surface area (Å²) in [6, 6.07) is 3.80. The Morgan fingerprint density at radius 1 is 1.34 bits per heavy atom. The molecule has 0 radical (unpaired) electrons. The number of nitrogens with one attached hydrogen (secondary N) is 1. The molecule has 29 heavy (non-hydrogen) atoms. The van der Waals surface area contributed by atoms with Crippen molar-refractivity contribution in [3.8, 4) is 0 Å². The van der Waals surface area contributed by atoms with E-state index < -0.39 is 0 Å². The maximum absolute atomic E-state index is 13.2. The molecule has 1 saturated carbocycles. The van der Waals surface area contributed by atoms with Gasteiger partial charge >= 0.3 is 0 Å². The van der Waals surface area contributed by atoms with Gasteiger partial charge in [-0.15, -0.1) is 0 Å². The largest absolute Gasteiger partial charge is 0.395 e. The molecule has 1 aliphatic carbocycles. The first-order chi connectivity index (χ1) is 14.0. The number of amides is 1. The Hall–Kier alpha value is -2.23. The third-order valence-corrected chi connectivity index (χ3v) is 6.53. The zero-order chi connectivity index (χ0) is 20.5. The van der Waals surface area contributed by atoms with Gasteiger partial charge in [-0.1, -0.05) is 42.9 Å². The fraction of sp³-hybridized carbons (Fsp3) is 0.400. The molecule has 1 aliphatic heterocycles. The minimum absolute atomic E-state index is 0.0990. The smallest absolute Gasteiger partial charge is 0.267 e. The summed E-state index contributed by atoms with van der Waals surface area (Å²) >= 11 is 6.69. The van der Waals surface area contributed by atoms with Crippen molar-refractivity contribution in [1.82, 2.24) is 14.3 Å². The minimum Gasteiger partial charge on any atom is -0.395 e. The Morgan fingerprint density at radius 3 is 2.83 bits per heavy atom. The van der Waals surface area contributed by atoms with Gasteiger partial charge in [0.15, 0.2) is 0 Å². The van der Waals surface area contributed by atoms with E-state index in [1.807, 2.05) is 13.0 Å². The van der Waals surface area contributed by atoms with Crippen molar-refractivity contribution >= 4 is 51.7 Å². The van der Waals surface area contributed by atoms with Crippen molar-refractivity contribution in [2.75, 3.05) is 18.5 Å². The van der Waals surface area contributed by atoms with Crippen LogP contribution in [0.5, 0.6) is 0 Å². The molecule has 9 heteroatoms. The number of thiocarbonyl (C=S) groups is 1. The zero-order valence-corrected chi connectivity index (χ0v) is 17.7. The van der Waals surface area contributed by atoms with Crippen LogP contribution in [-0.4, -0.2) is 48.8 Å². The first kappa shape index (κ1) is 20.1. The molecule has 2 fully saturated rings. The summed E-state index contributed by atoms with van der Waals surface area (Å²) in [7, 11) is 0. The van der Waals surface area contributed by atoms with Gasteiger partial charge in [-0.25, -0.2) is 4.98 Å². The first-order valence-electron chi connectivity index (χ1n) is 9.64. The topological polar surface area (TPSA) is 86.9 Å². The van der Waals surface area contributed by atoms with Crippen molar-refractivity contribution in [3.05, 3.63) is 44.7 Å². The summed E-state index contributed by atoms with van der Waals surface area (Å²) in [6.45, 7) is 2.05. The lowest BCUT2D eigenvalue weighted by Crippen LogP contribution is -2.36. The highest BCUT2D eigenvalue weighted by atomic mass is 32.2. The monoisotopic (exact) mass is 430 g/mol. The number of carbonyl (C=O) groups is 1. The number of aliphatic hydroxyl groups excluding tert-OH is 1. The van der Waals surface area contributed by atoms with Gasteiger partial charge in [0.05, 0.1) is 17.1 Å². The fourth-order valence-electron chi connectivity index (χ4n) is 3.79. The van der Waals surface area contributed by atoms with Crippen LogP contribution in [0.3, 0.4) is 0 Å². The van der Waals surface area contributed by atoms with Crippen molar-refractivity contribution in [2.45, 2.75) is 38.6 Å². The molecule has 2 aromatic heterocycles. The Bertz CT molecular complexity index is 1070. The van der Waals surface area contributed by atoms with E-state index in [0.29, 0.717) is 20.7 Å². The van der Waals surface area contributed by atoms with Crippen LogP contribution in [0.2, 0.25) is 0 Å². The molecule has 2 aromatic rings. The number of aliphatic hydroxyl groups is 1. The Balaban J connectivity index is 1.79. The van der Waals surface area contributed by atoms with Gasteiger partial charge in [-0.2, -0.15) is 0 Å². The fourth-order valence-corrected chi connectivity index (χ4v) is 5.17. The molecule has 0 atom stereocenters. The lowest BCUT2D eigenvalue weighted by atomic mass is 10.2. The van der Waals surface area contributed by atoms with E-state index in [4.69, 9.17) is 12.2 Å². The van der Waals surface area contributed by atoms with E-state index in [2.05, 4.69) is 10.3 Å². The lowest BCUT2D eigenvalue weighted by Gasteiger charge is -2.21. The number of pyridine rings is 1. The Kier molecular flexibility index (Phi) is 5.71. The van der Waals surface area contributed by atoms with Gasteiger partial charge in [0, 0.05) is 18.8 Å².